The fraction of sp³-hybridized carbons (Fsp3) is 0.500. The summed E-state index contributed by atoms with van der Waals surface area (Å²) >= 11 is 0. The van der Waals surface area contributed by atoms with Crippen LogP contribution in [-0.4, -0.2) is 46.6 Å². The molecule has 0 aliphatic heterocycles. The fourth-order valence-corrected chi connectivity index (χ4v) is 2.63. The number of amides is 1. The summed E-state index contributed by atoms with van der Waals surface area (Å²) in [5.74, 6) is 1.27. The lowest BCUT2D eigenvalue weighted by Gasteiger charge is -2.26. The van der Waals surface area contributed by atoms with Gasteiger partial charge < -0.3 is 14.6 Å². The van der Waals surface area contributed by atoms with Gasteiger partial charge in [0.15, 0.2) is 6.61 Å². The van der Waals surface area contributed by atoms with E-state index in [1.165, 1.54) is 0 Å². The number of nitrogens with zero attached hydrogens (tertiary/aromatic N) is 3. The largest absolute Gasteiger partial charge is 0.485 e. The molecule has 0 radical (unpaired) electrons. The number of benzene rings is 1. The number of rotatable bonds is 9. The van der Waals surface area contributed by atoms with Crippen molar-refractivity contribution in [2.24, 2.45) is 0 Å². The van der Waals surface area contributed by atoms with Gasteiger partial charge in [0.1, 0.15) is 5.75 Å². The minimum absolute atomic E-state index is 0.150. The van der Waals surface area contributed by atoms with Crippen LogP contribution in [0.4, 0.5) is 0 Å². The molecule has 7 heteroatoms. The Balaban J connectivity index is 1.97. The minimum Gasteiger partial charge on any atom is -0.485 e. The van der Waals surface area contributed by atoms with Crippen LogP contribution in [0.25, 0.3) is 0 Å². The lowest BCUT2D eigenvalue weighted by atomic mass is 10.2. The van der Waals surface area contributed by atoms with Gasteiger partial charge in [-0.3, -0.25) is 9.69 Å². The molecular weight excluding hydrogens is 320 g/mol. The maximum atomic E-state index is 12.5. The molecule has 25 heavy (non-hydrogen) atoms. The molecule has 1 amide bonds. The highest BCUT2D eigenvalue weighted by Gasteiger charge is 2.16. The molecule has 0 aliphatic rings. The molecule has 1 atom stereocenters. The van der Waals surface area contributed by atoms with E-state index >= 15 is 0 Å². The van der Waals surface area contributed by atoms with E-state index in [1.54, 1.807) is 19.1 Å². The van der Waals surface area contributed by atoms with Crippen LogP contribution >= 0.6 is 0 Å². The molecule has 0 saturated heterocycles. The van der Waals surface area contributed by atoms with Crippen molar-refractivity contribution in [1.82, 2.24) is 20.4 Å². The van der Waals surface area contributed by atoms with Gasteiger partial charge in [0, 0.05) is 19.5 Å². The van der Waals surface area contributed by atoms with Crippen molar-refractivity contribution in [3.63, 3.8) is 0 Å². The highest BCUT2D eigenvalue weighted by atomic mass is 16.5. The Bertz CT molecular complexity index is 682. The van der Waals surface area contributed by atoms with Crippen LogP contribution in [0.1, 0.15) is 42.8 Å². The smallest absolute Gasteiger partial charge is 0.255 e. The second-order valence-electron chi connectivity index (χ2n) is 5.79. The fourth-order valence-electron chi connectivity index (χ4n) is 2.63. The van der Waals surface area contributed by atoms with Crippen molar-refractivity contribution < 1.29 is 14.1 Å². The summed E-state index contributed by atoms with van der Waals surface area (Å²) in [4.78, 5) is 18.9. The Labute approximate surface area is 148 Å². The highest BCUT2D eigenvalue weighted by molar-refractivity contribution is 5.96. The Morgan fingerprint density at radius 2 is 2.04 bits per heavy atom. The summed E-state index contributed by atoms with van der Waals surface area (Å²) in [5, 5.41) is 6.77. The molecular formula is C18H26N4O3. The van der Waals surface area contributed by atoms with Gasteiger partial charge in [0.2, 0.25) is 11.7 Å². The SMILES string of the molecule is CCN(CC)[C@@H](C)CNC(=O)c1ccccc1OCc1noc(C)n1. The molecule has 2 aromatic rings. The van der Waals surface area contributed by atoms with Gasteiger partial charge in [-0.2, -0.15) is 4.98 Å². The number of aromatic nitrogens is 2. The van der Waals surface area contributed by atoms with E-state index in [2.05, 4.69) is 41.1 Å². The quantitative estimate of drug-likeness (QED) is 0.751. The van der Waals surface area contributed by atoms with Gasteiger partial charge in [-0.1, -0.05) is 31.1 Å². The van der Waals surface area contributed by atoms with Crippen LogP contribution in [0.5, 0.6) is 5.75 Å². The van der Waals surface area contributed by atoms with E-state index < -0.39 is 0 Å². The third-order valence-electron chi connectivity index (χ3n) is 4.05. The molecule has 0 aliphatic carbocycles. The first-order valence-electron chi connectivity index (χ1n) is 8.58. The number of hydrogen-bond donors (Lipinski definition) is 1. The monoisotopic (exact) mass is 346 g/mol. The molecule has 0 saturated carbocycles. The first kappa shape index (κ1) is 18.9. The highest BCUT2D eigenvalue weighted by Crippen LogP contribution is 2.19. The van der Waals surface area contributed by atoms with Gasteiger partial charge in [0.05, 0.1) is 5.56 Å². The zero-order valence-electron chi connectivity index (χ0n) is 15.3. The van der Waals surface area contributed by atoms with Crippen molar-refractivity contribution in [1.29, 1.82) is 0 Å². The maximum absolute atomic E-state index is 12.5. The lowest BCUT2D eigenvalue weighted by Crippen LogP contribution is -2.42. The number of aryl methyl sites for hydroxylation is 1. The summed E-state index contributed by atoms with van der Waals surface area (Å²) < 4.78 is 10.6. The number of ether oxygens (including phenoxy) is 1. The molecule has 1 heterocycles. The predicted molar refractivity (Wildman–Crippen MR) is 94.5 cm³/mol. The van der Waals surface area contributed by atoms with E-state index in [4.69, 9.17) is 9.26 Å². The van der Waals surface area contributed by atoms with Crippen LogP contribution in [0.15, 0.2) is 28.8 Å². The number of nitrogens with one attached hydrogen (secondary N) is 1. The minimum atomic E-state index is -0.154. The first-order chi connectivity index (χ1) is 12.0. The third kappa shape index (κ3) is 5.29. The van der Waals surface area contributed by atoms with Gasteiger partial charge >= 0.3 is 0 Å². The summed E-state index contributed by atoms with van der Waals surface area (Å²) in [5.41, 5.74) is 0.495. The zero-order chi connectivity index (χ0) is 18.2. The third-order valence-corrected chi connectivity index (χ3v) is 4.05. The lowest BCUT2D eigenvalue weighted by molar-refractivity contribution is 0.0933. The molecule has 136 valence electrons. The Hall–Kier alpha value is -2.41. The van der Waals surface area contributed by atoms with Crippen molar-refractivity contribution >= 4 is 5.91 Å². The Morgan fingerprint density at radius 1 is 1.32 bits per heavy atom. The van der Waals surface area contributed by atoms with E-state index in [0.717, 1.165) is 13.1 Å². The van der Waals surface area contributed by atoms with Gasteiger partial charge in [0.25, 0.3) is 5.91 Å². The van der Waals surface area contributed by atoms with Crippen LogP contribution in [0.2, 0.25) is 0 Å². The van der Waals surface area contributed by atoms with Gasteiger partial charge in [-0.15, -0.1) is 0 Å². The summed E-state index contributed by atoms with van der Waals surface area (Å²) in [7, 11) is 0. The number of hydrogen-bond acceptors (Lipinski definition) is 6. The molecule has 0 spiro atoms. The Morgan fingerprint density at radius 3 is 2.68 bits per heavy atom. The van der Waals surface area contributed by atoms with Crippen LogP contribution < -0.4 is 10.1 Å². The van der Waals surface area contributed by atoms with E-state index in [9.17, 15) is 4.79 Å². The molecule has 1 aromatic carbocycles. The Kier molecular flexibility index (Phi) is 6.94. The second-order valence-corrected chi connectivity index (χ2v) is 5.79. The number of likely N-dealkylation sites (N-methyl/N-ethyl adjacent to an activating group) is 1. The average molecular weight is 346 g/mol. The van der Waals surface area contributed by atoms with Crippen molar-refractivity contribution in [2.75, 3.05) is 19.6 Å². The number of para-hydroxylation sites is 1. The van der Waals surface area contributed by atoms with Crippen LogP contribution in [-0.2, 0) is 6.61 Å². The molecule has 2 rings (SSSR count). The average Bonchev–Trinajstić information content (AvgIpc) is 3.04. The normalized spacial score (nSPS) is 12.2. The topological polar surface area (TPSA) is 80.5 Å². The second kappa shape index (κ2) is 9.17. The van der Waals surface area contributed by atoms with Crippen molar-refractivity contribution in [3.8, 4) is 5.75 Å². The summed E-state index contributed by atoms with van der Waals surface area (Å²) in [6, 6.07) is 7.42. The molecule has 0 bridgehead atoms. The van der Waals surface area contributed by atoms with E-state index in [0.29, 0.717) is 29.6 Å². The molecule has 0 unspecified atom stereocenters. The summed E-state index contributed by atoms with van der Waals surface area (Å²) in [6.45, 7) is 10.7. The standard InChI is InChI=1S/C18H26N4O3/c1-5-22(6-2)13(3)11-19-18(23)15-9-7-8-10-16(15)24-12-17-20-14(4)25-21-17/h7-10,13H,5-6,11-12H2,1-4H3,(H,19,23)/t13-/m0/s1. The number of carbonyl (C=O) groups excluding carboxylic acids is 1. The molecule has 1 N–H and O–H groups in total. The molecule has 7 nitrogen and oxygen atoms in total. The van der Waals surface area contributed by atoms with Crippen molar-refractivity contribution in [3.05, 3.63) is 41.5 Å². The maximum Gasteiger partial charge on any atom is 0.255 e. The van der Waals surface area contributed by atoms with Crippen molar-refractivity contribution in [2.45, 2.75) is 40.3 Å². The van der Waals surface area contributed by atoms with E-state index in [1.807, 2.05) is 12.1 Å². The molecule has 1 aromatic heterocycles. The first-order valence-corrected chi connectivity index (χ1v) is 8.58. The zero-order valence-corrected chi connectivity index (χ0v) is 15.3. The molecule has 0 fully saturated rings. The van der Waals surface area contributed by atoms with Gasteiger partial charge in [-0.05, 0) is 32.1 Å². The summed E-state index contributed by atoms with van der Waals surface area (Å²) in [6.07, 6.45) is 0. The number of carbonyl (C=O) groups is 1. The van der Waals surface area contributed by atoms with Crippen LogP contribution in [0, 0.1) is 6.92 Å². The van der Waals surface area contributed by atoms with E-state index in [-0.39, 0.29) is 18.6 Å². The predicted octanol–water partition coefficient (Wildman–Crippen LogP) is 2.42. The van der Waals surface area contributed by atoms with Crippen LogP contribution in [0.3, 0.4) is 0 Å². The van der Waals surface area contributed by atoms with Gasteiger partial charge in [-0.25, -0.2) is 0 Å².